The maximum absolute atomic E-state index is 12.2. The van der Waals surface area contributed by atoms with E-state index in [9.17, 15) is 9.59 Å². The van der Waals surface area contributed by atoms with Crippen molar-refractivity contribution in [2.24, 2.45) is 11.7 Å². The van der Waals surface area contributed by atoms with Crippen molar-refractivity contribution >= 4 is 17.1 Å². The largest absolute Gasteiger partial charge is 0.468 e. The van der Waals surface area contributed by atoms with Crippen LogP contribution in [0.25, 0.3) is 11.2 Å². The second-order valence-corrected chi connectivity index (χ2v) is 6.65. The highest BCUT2D eigenvalue weighted by atomic mass is 16.5. The minimum Gasteiger partial charge on any atom is -0.468 e. The Morgan fingerprint density at radius 2 is 2.19 bits per heavy atom. The maximum Gasteiger partial charge on any atom is 0.327 e. The summed E-state index contributed by atoms with van der Waals surface area (Å²) in [7, 11) is 1.35. The number of carbonyl (C=O) groups is 1. The molecule has 10 nitrogen and oxygen atoms in total. The predicted molar refractivity (Wildman–Crippen MR) is 101 cm³/mol. The first-order chi connectivity index (χ1) is 12.9. The molecule has 0 spiro atoms. The summed E-state index contributed by atoms with van der Waals surface area (Å²) in [6.07, 6.45) is 2.28. The number of fused-ring (bicyclic) bond motifs is 1. The van der Waals surface area contributed by atoms with Crippen LogP contribution in [0.1, 0.15) is 27.2 Å². The third-order valence-corrected chi connectivity index (χ3v) is 4.26. The van der Waals surface area contributed by atoms with Crippen LogP contribution in [-0.4, -0.2) is 57.8 Å². The van der Waals surface area contributed by atoms with Crippen molar-refractivity contribution in [3.8, 4) is 6.01 Å². The summed E-state index contributed by atoms with van der Waals surface area (Å²) in [6, 6.07) is -0.380. The number of nitrogens with one attached hydrogen (secondary N) is 2. The van der Waals surface area contributed by atoms with E-state index in [4.69, 9.17) is 15.2 Å². The van der Waals surface area contributed by atoms with Crippen LogP contribution in [-0.2, 0) is 16.1 Å². The Hall–Kier alpha value is -2.46. The molecule has 0 fully saturated rings. The number of methoxy groups -OCH3 is 1. The summed E-state index contributed by atoms with van der Waals surface area (Å²) >= 11 is 0. The number of aromatic amines is 1. The van der Waals surface area contributed by atoms with E-state index >= 15 is 0 Å². The van der Waals surface area contributed by atoms with E-state index in [-0.39, 0.29) is 29.6 Å². The van der Waals surface area contributed by atoms with Gasteiger partial charge in [0.25, 0.3) is 0 Å². The van der Waals surface area contributed by atoms with Gasteiger partial charge in [-0.3, -0.25) is 9.36 Å². The first kappa shape index (κ1) is 20.8. The van der Waals surface area contributed by atoms with E-state index in [0.717, 1.165) is 6.42 Å². The summed E-state index contributed by atoms with van der Waals surface area (Å²) < 4.78 is 11.8. The number of esters is 1. The minimum absolute atomic E-state index is 0.0576. The van der Waals surface area contributed by atoms with Gasteiger partial charge in [-0.25, -0.2) is 9.78 Å². The number of hydrogen-bond donors (Lipinski definition) is 3. The van der Waals surface area contributed by atoms with Crippen LogP contribution in [0.5, 0.6) is 6.01 Å². The number of nitrogens with two attached hydrogens (primary N) is 1. The maximum atomic E-state index is 12.2. The van der Waals surface area contributed by atoms with E-state index in [2.05, 4.69) is 20.3 Å². The zero-order valence-electron chi connectivity index (χ0n) is 16.2. The van der Waals surface area contributed by atoms with Crippen molar-refractivity contribution in [2.75, 3.05) is 20.3 Å². The van der Waals surface area contributed by atoms with Gasteiger partial charge < -0.3 is 25.5 Å². The highest BCUT2D eigenvalue weighted by Crippen LogP contribution is 2.11. The van der Waals surface area contributed by atoms with Gasteiger partial charge in [0.1, 0.15) is 18.2 Å². The summed E-state index contributed by atoms with van der Waals surface area (Å²) in [6.45, 7) is 6.82. The molecule has 0 amide bonds. The molecule has 150 valence electrons. The second kappa shape index (κ2) is 9.47. The lowest BCUT2D eigenvalue weighted by Crippen LogP contribution is -2.43. The standard InChI is InChI=1S/C17H28N6O4/c1-5-11(18)9-27-16-20-8-12-14(22-16)23(17(25)21-12)7-6-19-13(10(2)3)15(24)26-4/h8,10-11,13,19H,5-7,9,18H2,1-4H3,(H,21,25)/t11?,13-/m1/s1. The summed E-state index contributed by atoms with van der Waals surface area (Å²) in [5.41, 5.74) is 6.49. The van der Waals surface area contributed by atoms with Gasteiger partial charge in [-0.2, -0.15) is 4.98 Å². The van der Waals surface area contributed by atoms with Crippen LogP contribution >= 0.6 is 0 Å². The van der Waals surface area contributed by atoms with Crippen molar-refractivity contribution in [1.82, 2.24) is 24.8 Å². The SMILES string of the molecule is CCC(N)COc1ncc2[nH]c(=O)n(CCN[C@@H](C(=O)OC)C(C)C)c2n1. The highest BCUT2D eigenvalue weighted by molar-refractivity contribution is 5.75. The molecule has 2 rings (SSSR count). The molecule has 4 N–H and O–H groups in total. The van der Waals surface area contributed by atoms with Crippen molar-refractivity contribution in [1.29, 1.82) is 0 Å². The van der Waals surface area contributed by atoms with E-state index in [0.29, 0.717) is 30.9 Å². The molecule has 0 aromatic carbocycles. The molecule has 2 heterocycles. The zero-order valence-corrected chi connectivity index (χ0v) is 16.2. The van der Waals surface area contributed by atoms with Gasteiger partial charge in [-0.1, -0.05) is 20.8 Å². The number of hydrogen-bond acceptors (Lipinski definition) is 8. The molecule has 10 heteroatoms. The van der Waals surface area contributed by atoms with Gasteiger partial charge in [-0.05, 0) is 12.3 Å². The van der Waals surface area contributed by atoms with Crippen molar-refractivity contribution < 1.29 is 14.3 Å². The smallest absolute Gasteiger partial charge is 0.327 e. The number of imidazole rings is 1. The van der Waals surface area contributed by atoms with Crippen molar-refractivity contribution in [2.45, 2.75) is 45.8 Å². The normalized spacial score (nSPS) is 13.7. The molecular formula is C17H28N6O4. The van der Waals surface area contributed by atoms with E-state index < -0.39 is 6.04 Å². The van der Waals surface area contributed by atoms with Gasteiger partial charge >= 0.3 is 17.7 Å². The molecule has 0 aliphatic carbocycles. The van der Waals surface area contributed by atoms with Gasteiger partial charge in [0, 0.05) is 19.1 Å². The summed E-state index contributed by atoms with van der Waals surface area (Å²) in [5.74, 6) is -0.274. The number of rotatable bonds is 10. The number of carbonyl (C=O) groups excluding carboxylic acids is 1. The Balaban J connectivity index is 2.11. The average Bonchev–Trinajstić information content (AvgIpc) is 2.96. The number of H-pyrrole nitrogens is 1. The zero-order chi connectivity index (χ0) is 20.0. The number of nitrogens with zero attached hydrogens (tertiary/aromatic N) is 3. The Labute approximate surface area is 157 Å². The fraction of sp³-hybridized carbons (Fsp3) is 0.647. The van der Waals surface area contributed by atoms with Gasteiger partial charge in [0.2, 0.25) is 0 Å². The minimum atomic E-state index is -0.444. The van der Waals surface area contributed by atoms with Crippen LogP contribution in [0.4, 0.5) is 0 Å². The Morgan fingerprint density at radius 3 is 2.81 bits per heavy atom. The molecule has 27 heavy (non-hydrogen) atoms. The molecule has 2 aromatic rings. The molecule has 2 atom stereocenters. The highest BCUT2D eigenvalue weighted by Gasteiger charge is 2.22. The third-order valence-electron chi connectivity index (χ3n) is 4.26. The Morgan fingerprint density at radius 1 is 1.44 bits per heavy atom. The molecule has 1 unspecified atom stereocenters. The summed E-state index contributed by atoms with van der Waals surface area (Å²) in [4.78, 5) is 35.1. The van der Waals surface area contributed by atoms with E-state index in [1.807, 2.05) is 20.8 Å². The molecule has 0 saturated heterocycles. The average molecular weight is 380 g/mol. The fourth-order valence-corrected chi connectivity index (χ4v) is 2.56. The lowest BCUT2D eigenvalue weighted by atomic mass is 10.1. The van der Waals surface area contributed by atoms with Gasteiger partial charge in [0.15, 0.2) is 5.65 Å². The Kier molecular flexibility index (Phi) is 7.31. The fourth-order valence-electron chi connectivity index (χ4n) is 2.56. The van der Waals surface area contributed by atoms with Crippen LogP contribution in [0.2, 0.25) is 0 Å². The molecule has 2 aromatic heterocycles. The Bertz CT molecular complexity index is 815. The first-order valence-corrected chi connectivity index (χ1v) is 9.02. The van der Waals surface area contributed by atoms with Crippen LogP contribution in [0.3, 0.4) is 0 Å². The number of aromatic nitrogens is 4. The van der Waals surface area contributed by atoms with Crippen LogP contribution in [0, 0.1) is 5.92 Å². The molecule has 0 saturated carbocycles. The summed E-state index contributed by atoms with van der Waals surface area (Å²) in [5, 5.41) is 3.12. The third kappa shape index (κ3) is 5.27. The molecule has 0 aliphatic heterocycles. The van der Waals surface area contributed by atoms with Crippen molar-refractivity contribution in [3.63, 3.8) is 0 Å². The van der Waals surface area contributed by atoms with Gasteiger partial charge in [0.05, 0.1) is 13.3 Å². The lowest BCUT2D eigenvalue weighted by Gasteiger charge is -2.19. The first-order valence-electron chi connectivity index (χ1n) is 9.02. The molecule has 0 bridgehead atoms. The number of ether oxygens (including phenoxy) is 2. The van der Waals surface area contributed by atoms with E-state index in [1.165, 1.54) is 17.9 Å². The monoisotopic (exact) mass is 380 g/mol. The second-order valence-electron chi connectivity index (χ2n) is 6.65. The molecular weight excluding hydrogens is 352 g/mol. The molecule has 0 aliphatic rings. The van der Waals surface area contributed by atoms with Gasteiger partial charge in [-0.15, -0.1) is 0 Å². The van der Waals surface area contributed by atoms with E-state index in [1.54, 1.807) is 0 Å². The predicted octanol–water partition coefficient (Wildman–Crippen LogP) is 0.0229. The molecule has 0 radical (unpaired) electrons. The quantitative estimate of drug-likeness (QED) is 0.491. The van der Waals surface area contributed by atoms with Crippen LogP contribution in [0.15, 0.2) is 11.0 Å². The van der Waals surface area contributed by atoms with Crippen LogP contribution < -0.4 is 21.5 Å². The lowest BCUT2D eigenvalue weighted by molar-refractivity contribution is -0.144. The topological polar surface area (TPSA) is 137 Å². The van der Waals surface area contributed by atoms with Crippen molar-refractivity contribution in [3.05, 3.63) is 16.7 Å².